The first-order valence-corrected chi connectivity index (χ1v) is 9.25. The molecule has 1 unspecified atom stereocenters. The van der Waals surface area contributed by atoms with Crippen LogP contribution < -0.4 is 10.1 Å². The van der Waals surface area contributed by atoms with Crippen molar-refractivity contribution in [1.29, 1.82) is 0 Å². The van der Waals surface area contributed by atoms with Crippen molar-refractivity contribution in [3.05, 3.63) is 52.2 Å². The maximum atomic E-state index is 6.20. The normalized spacial score (nSPS) is 16.0. The molecule has 2 aromatic heterocycles. The average Bonchev–Trinajstić information content (AvgIpc) is 3.31. The van der Waals surface area contributed by atoms with Crippen LogP contribution in [-0.4, -0.2) is 38.3 Å². The number of piperidine rings is 1. The molecule has 3 aromatic rings. The molecule has 1 N–H and O–H groups in total. The molecule has 7 nitrogen and oxygen atoms in total. The second-order valence-corrected chi connectivity index (χ2v) is 7.16. The van der Waals surface area contributed by atoms with Crippen molar-refractivity contribution in [3.63, 3.8) is 0 Å². The third kappa shape index (κ3) is 4.03. The number of nitrogens with one attached hydrogen (secondary N) is 1. The van der Waals surface area contributed by atoms with Crippen LogP contribution in [-0.2, 0) is 0 Å². The number of ether oxygens (including phenoxy) is 1. The molecule has 1 aliphatic heterocycles. The van der Waals surface area contributed by atoms with Gasteiger partial charge in [0.1, 0.15) is 12.1 Å². The minimum absolute atomic E-state index is 0. The number of halogens is 1. The summed E-state index contributed by atoms with van der Waals surface area (Å²) >= 11 is 1.71. The summed E-state index contributed by atoms with van der Waals surface area (Å²) in [5, 5.41) is 16.2. The lowest BCUT2D eigenvalue weighted by Gasteiger charge is -2.20. The Balaban J connectivity index is 0.00000196. The van der Waals surface area contributed by atoms with Gasteiger partial charge in [0.05, 0.1) is 15.6 Å². The van der Waals surface area contributed by atoms with Crippen molar-refractivity contribution < 1.29 is 4.74 Å². The molecule has 4 rings (SSSR count). The lowest BCUT2D eigenvalue weighted by atomic mass is 9.99. The SMILES string of the molecule is Cc1nc(C2CCNCC2)sc1C(Oc1ccccc1)n1cnnn1.Cl. The second kappa shape index (κ2) is 8.57. The number of aryl methyl sites for hydroxylation is 1. The van der Waals surface area contributed by atoms with E-state index in [0.717, 1.165) is 42.3 Å². The molecule has 1 aromatic carbocycles. The summed E-state index contributed by atoms with van der Waals surface area (Å²) in [6.45, 7) is 4.13. The molecule has 3 heterocycles. The molecule has 0 saturated carbocycles. The molecule has 0 amide bonds. The van der Waals surface area contributed by atoms with E-state index in [1.165, 1.54) is 5.01 Å². The molecule has 0 bridgehead atoms. The number of thiazole rings is 1. The maximum absolute atomic E-state index is 6.20. The highest BCUT2D eigenvalue weighted by Crippen LogP contribution is 2.35. The lowest BCUT2D eigenvalue weighted by molar-refractivity contribution is 0.159. The van der Waals surface area contributed by atoms with E-state index in [2.05, 4.69) is 20.8 Å². The zero-order valence-electron chi connectivity index (χ0n) is 14.4. The molecule has 1 aliphatic rings. The van der Waals surface area contributed by atoms with Gasteiger partial charge in [0.15, 0.2) is 0 Å². The number of nitrogens with zero attached hydrogens (tertiary/aromatic N) is 5. The van der Waals surface area contributed by atoms with Crippen LogP contribution in [0.1, 0.15) is 40.6 Å². The number of hydrogen-bond acceptors (Lipinski definition) is 7. The Morgan fingerprint density at radius 1 is 1.23 bits per heavy atom. The number of aromatic nitrogens is 5. The zero-order valence-corrected chi connectivity index (χ0v) is 16.0. The van der Waals surface area contributed by atoms with E-state index in [4.69, 9.17) is 9.72 Å². The van der Waals surface area contributed by atoms with Gasteiger partial charge in [-0.25, -0.2) is 4.98 Å². The van der Waals surface area contributed by atoms with Crippen molar-refractivity contribution in [1.82, 2.24) is 30.5 Å². The van der Waals surface area contributed by atoms with E-state index < -0.39 is 6.23 Å². The number of benzene rings is 1. The van der Waals surface area contributed by atoms with E-state index >= 15 is 0 Å². The Labute approximate surface area is 162 Å². The Morgan fingerprint density at radius 3 is 2.69 bits per heavy atom. The molecule has 1 fully saturated rings. The molecule has 1 saturated heterocycles. The number of tetrazole rings is 1. The summed E-state index contributed by atoms with van der Waals surface area (Å²) in [4.78, 5) is 5.88. The van der Waals surface area contributed by atoms with Crippen molar-refractivity contribution in [2.75, 3.05) is 13.1 Å². The number of hydrogen-bond donors (Lipinski definition) is 1. The topological polar surface area (TPSA) is 77.8 Å². The third-order valence-electron chi connectivity index (χ3n) is 4.36. The van der Waals surface area contributed by atoms with Gasteiger partial charge < -0.3 is 10.1 Å². The van der Waals surface area contributed by atoms with Crippen LogP contribution in [0.4, 0.5) is 0 Å². The van der Waals surface area contributed by atoms with E-state index in [9.17, 15) is 0 Å². The van der Waals surface area contributed by atoms with E-state index in [0.29, 0.717) is 5.92 Å². The first-order chi connectivity index (χ1) is 12.3. The molecule has 138 valence electrons. The summed E-state index contributed by atoms with van der Waals surface area (Å²) in [5.41, 5.74) is 0.981. The number of rotatable bonds is 5. The van der Waals surface area contributed by atoms with E-state index in [1.807, 2.05) is 37.3 Å². The molecule has 26 heavy (non-hydrogen) atoms. The Kier molecular flexibility index (Phi) is 6.18. The fourth-order valence-electron chi connectivity index (χ4n) is 3.03. The standard InChI is InChI=1S/C17H20N6OS.ClH/c1-12-15(25-16(20-12)13-7-9-18-10-8-13)17(23-11-19-21-22-23)24-14-5-3-2-4-6-14;/h2-6,11,13,17-18H,7-10H2,1H3;1H. The minimum atomic E-state index is -0.412. The van der Waals surface area contributed by atoms with Crippen LogP contribution in [0, 0.1) is 6.92 Å². The molecule has 1 atom stereocenters. The fourth-order valence-corrected chi connectivity index (χ4v) is 4.29. The fraction of sp³-hybridized carbons (Fsp3) is 0.412. The molecular formula is C17H21ClN6OS. The Bertz CT molecular complexity index is 804. The van der Waals surface area contributed by atoms with Crippen molar-refractivity contribution >= 4 is 23.7 Å². The molecule has 9 heteroatoms. The smallest absolute Gasteiger partial charge is 0.231 e. The third-order valence-corrected chi connectivity index (χ3v) is 5.71. The summed E-state index contributed by atoms with van der Waals surface area (Å²) < 4.78 is 7.84. The van der Waals surface area contributed by atoms with Gasteiger partial charge in [-0.15, -0.1) is 28.8 Å². The van der Waals surface area contributed by atoms with Gasteiger partial charge in [-0.1, -0.05) is 18.2 Å². The summed E-state index contributed by atoms with van der Waals surface area (Å²) in [7, 11) is 0. The van der Waals surface area contributed by atoms with Gasteiger partial charge in [-0.2, -0.15) is 4.68 Å². The predicted octanol–water partition coefficient (Wildman–Crippen LogP) is 2.95. The summed E-state index contributed by atoms with van der Waals surface area (Å²) in [5.74, 6) is 1.30. The van der Waals surface area contributed by atoms with Crippen LogP contribution in [0.5, 0.6) is 5.75 Å². The van der Waals surface area contributed by atoms with Gasteiger partial charge >= 0.3 is 0 Å². The second-order valence-electron chi connectivity index (χ2n) is 6.10. The first kappa shape index (κ1) is 18.8. The molecule has 0 spiro atoms. The lowest BCUT2D eigenvalue weighted by Crippen LogP contribution is -2.26. The highest BCUT2D eigenvalue weighted by Gasteiger charge is 2.26. The monoisotopic (exact) mass is 392 g/mol. The maximum Gasteiger partial charge on any atom is 0.231 e. The van der Waals surface area contributed by atoms with E-state index in [-0.39, 0.29) is 12.4 Å². The van der Waals surface area contributed by atoms with Crippen LogP contribution in [0.2, 0.25) is 0 Å². The largest absolute Gasteiger partial charge is 0.463 e. The van der Waals surface area contributed by atoms with Crippen LogP contribution in [0.15, 0.2) is 36.7 Å². The average molecular weight is 393 g/mol. The molecular weight excluding hydrogens is 372 g/mol. The summed E-state index contributed by atoms with van der Waals surface area (Å²) in [6, 6.07) is 9.73. The zero-order chi connectivity index (χ0) is 17.1. The van der Waals surface area contributed by atoms with Gasteiger partial charge in [-0.3, -0.25) is 0 Å². The van der Waals surface area contributed by atoms with Gasteiger partial charge in [0.2, 0.25) is 6.23 Å². The van der Waals surface area contributed by atoms with Gasteiger partial charge in [0.25, 0.3) is 0 Å². The highest BCUT2D eigenvalue weighted by molar-refractivity contribution is 7.11. The predicted molar refractivity (Wildman–Crippen MR) is 102 cm³/mol. The van der Waals surface area contributed by atoms with Crippen LogP contribution in [0.25, 0.3) is 0 Å². The Morgan fingerprint density at radius 2 is 2.00 bits per heavy atom. The van der Waals surface area contributed by atoms with Gasteiger partial charge in [0, 0.05) is 5.92 Å². The molecule has 0 radical (unpaired) electrons. The Hall–Kier alpha value is -2.03. The van der Waals surface area contributed by atoms with Gasteiger partial charge in [-0.05, 0) is 55.4 Å². The van der Waals surface area contributed by atoms with Crippen LogP contribution in [0.3, 0.4) is 0 Å². The summed E-state index contributed by atoms with van der Waals surface area (Å²) in [6.07, 6.45) is 3.42. The minimum Gasteiger partial charge on any atom is -0.463 e. The molecule has 0 aliphatic carbocycles. The first-order valence-electron chi connectivity index (χ1n) is 8.43. The van der Waals surface area contributed by atoms with Crippen molar-refractivity contribution in [2.24, 2.45) is 0 Å². The van der Waals surface area contributed by atoms with Crippen molar-refractivity contribution in [2.45, 2.75) is 31.9 Å². The number of para-hydroxylation sites is 1. The highest BCUT2D eigenvalue weighted by atomic mass is 35.5. The quantitative estimate of drug-likeness (QED) is 0.719. The van der Waals surface area contributed by atoms with Crippen molar-refractivity contribution in [3.8, 4) is 5.75 Å². The van der Waals surface area contributed by atoms with Crippen LogP contribution >= 0.6 is 23.7 Å². The van der Waals surface area contributed by atoms with E-state index in [1.54, 1.807) is 22.3 Å².